The summed E-state index contributed by atoms with van der Waals surface area (Å²) in [7, 11) is 0. The van der Waals surface area contributed by atoms with Gasteiger partial charge in [-0.2, -0.15) is 0 Å². The first-order valence-corrected chi connectivity index (χ1v) is 6.67. The van der Waals surface area contributed by atoms with Gasteiger partial charge in [0.05, 0.1) is 11.3 Å². The zero-order chi connectivity index (χ0) is 13.3. The van der Waals surface area contributed by atoms with Crippen molar-refractivity contribution in [1.82, 2.24) is 9.97 Å². The van der Waals surface area contributed by atoms with E-state index in [1.807, 2.05) is 33.0 Å². The van der Waals surface area contributed by atoms with E-state index in [9.17, 15) is 0 Å². The van der Waals surface area contributed by atoms with Gasteiger partial charge >= 0.3 is 0 Å². The molecular weight excluding hydrogens is 264 g/mol. The van der Waals surface area contributed by atoms with E-state index in [4.69, 9.17) is 18.0 Å². The van der Waals surface area contributed by atoms with E-state index in [1.54, 1.807) is 11.3 Å². The number of nitrogens with one attached hydrogen (secondary N) is 1. The number of rotatable bonds is 3. The Labute approximate surface area is 115 Å². The van der Waals surface area contributed by atoms with E-state index in [0.717, 1.165) is 32.6 Å². The first kappa shape index (κ1) is 12.9. The van der Waals surface area contributed by atoms with Gasteiger partial charge in [-0.3, -0.25) is 4.98 Å². The van der Waals surface area contributed by atoms with E-state index in [2.05, 4.69) is 15.3 Å². The second-order valence-corrected chi connectivity index (χ2v) is 5.71. The fraction of sp³-hybridized carbons (Fsp3) is 0.250. The minimum absolute atomic E-state index is 0.343. The van der Waals surface area contributed by atoms with Crippen LogP contribution in [0.2, 0.25) is 0 Å². The number of nitrogens with zero attached hydrogens (tertiary/aromatic N) is 2. The molecule has 0 spiro atoms. The molecule has 0 aliphatic heterocycles. The molecule has 2 heterocycles. The third-order valence-electron chi connectivity index (χ3n) is 2.44. The van der Waals surface area contributed by atoms with Crippen molar-refractivity contribution in [1.29, 1.82) is 0 Å². The lowest BCUT2D eigenvalue weighted by atomic mass is 10.1. The second kappa shape index (κ2) is 4.99. The topological polar surface area (TPSA) is 63.8 Å². The molecule has 0 unspecified atom stereocenters. The van der Waals surface area contributed by atoms with Crippen molar-refractivity contribution in [3.05, 3.63) is 34.1 Å². The highest BCUT2D eigenvalue weighted by molar-refractivity contribution is 7.80. The summed E-state index contributed by atoms with van der Waals surface area (Å²) in [5, 5.41) is 4.08. The number of hydrogen-bond acceptors (Lipinski definition) is 5. The molecule has 18 heavy (non-hydrogen) atoms. The predicted molar refractivity (Wildman–Crippen MR) is 79.7 cm³/mol. The van der Waals surface area contributed by atoms with Gasteiger partial charge in [0, 0.05) is 22.5 Å². The molecule has 4 nitrogen and oxygen atoms in total. The van der Waals surface area contributed by atoms with Gasteiger partial charge in [0.25, 0.3) is 0 Å². The lowest BCUT2D eigenvalue weighted by Crippen LogP contribution is -2.15. The Morgan fingerprint density at radius 1 is 1.39 bits per heavy atom. The summed E-state index contributed by atoms with van der Waals surface area (Å²) in [5.41, 5.74) is 9.15. The van der Waals surface area contributed by atoms with Gasteiger partial charge in [0.2, 0.25) is 0 Å². The van der Waals surface area contributed by atoms with Crippen LogP contribution in [0.25, 0.3) is 0 Å². The van der Waals surface area contributed by atoms with Crippen molar-refractivity contribution in [2.45, 2.75) is 20.8 Å². The number of aryl methyl sites for hydroxylation is 3. The Hall–Kier alpha value is -1.53. The van der Waals surface area contributed by atoms with Crippen LogP contribution in [0.3, 0.4) is 0 Å². The minimum Gasteiger partial charge on any atom is -0.389 e. The second-order valence-electron chi connectivity index (χ2n) is 4.04. The molecule has 0 aliphatic carbocycles. The summed E-state index contributed by atoms with van der Waals surface area (Å²) in [4.78, 5) is 10.1. The maximum atomic E-state index is 5.76. The van der Waals surface area contributed by atoms with Gasteiger partial charge in [0.15, 0.2) is 5.13 Å². The molecule has 94 valence electrons. The Morgan fingerprint density at radius 2 is 2.11 bits per heavy atom. The SMILES string of the molecule is Cc1cc(Nc2ncc(C)s2)c(C(N)=S)c(C)n1. The summed E-state index contributed by atoms with van der Waals surface area (Å²) in [6.45, 7) is 5.86. The van der Waals surface area contributed by atoms with Crippen molar-refractivity contribution >= 4 is 39.4 Å². The summed E-state index contributed by atoms with van der Waals surface area (Å²) in [6, 6.07) is 1.93. The number of aromatic nitrogens is 2. The van der Waals surface area contributed by atoms with E-state index < -0.39 is 0 Å². The molecule has 0 aliphatic rings. The molecule has 0 atom stereocenters. The normalized spacial score (nSPS) is 10.4. The zero-order valence-electron chi connectivity index (χ0n) is 10.4. The number of thiazole rings is 1. The molecule has 3 N–H and O–H groups in total. The van der Waals surface area contributed by atoms with Gasteiger partial charge in [-0.25, -0.2) is 4.98 Å². The third kappa shape index (κ3) is 2.65. The van der Waals surface area contributed by atoms with Crippen LogP contribution in [0.1, 0.15) is 21.8 Å². The van der Waals surface area contributed by atoms with Gasteiger partial charge in [-0.1, -0.05) is 12.2 Å². The van der Waals surface area contributed by atoms with Crippen LogP contribution < -0.4 is 11.1 Å². The van der Waals surface area contributed by atoms with Crippen LogP contribution in [0, 0.1) is 20.8 Å². The molecule has 2 aromatic rings. The lowest BCUT2D eigenvalue weighted by Gasteiger charge is -2.12. The van der Waals surface area contributed by atoms with Crippen LogP contribution in [0.4, 0.5) is 10.8 Å². The molecule has 0 fully saturated rings. The van der Waals surface area contributed by atoms with Gasteiger partial charge in [-0.05, 0) is 26.8 Å². The maximum absolute atomic E-state index is 5.76. The highest BCUT2D eigenvalue weighted by Crippen LogP contribution is 2.26. The quantitative estimate of drug-likeness (QED) is 0.845. The largest absolute Gasteiger partial charge is 0.389 e. The fourth-order valence-corrected chi connectivity index (χ4v) is 2.70. The first-order chi connectivity index (χ1) is 8.47. The van der Waals surface area contributed by atoms with Crippen molar-refractivity contribution in [3.63, 3.8) is 0 Å². The molecule has 0 amide bonds. The predicted octanol–water partition coefficient (Wildman–Crippen LogP) is 2.84. The average Bonchev–Trinajstić information content (AvgIpc) is 2.62. The van der Waals surface area contributed by atoms with E-state index in [-0.39, 0.29) is 0 Å². The Bertz CT molecular complexity index is 604. The van der Waals surface area contributed by atoms with E-state index in [0.29, 0.717) is 4.99 Å². The van der Waals surface area contributed by atoms with Gasteiger partial charge in [-0.15, -0.1) is 11.3 Å². The summed E-state index contributed by atoms with van der Waals surface area (Å²) in [5.74, 6) is 0. The molecule has 0 saturated heterocycles. The monoisotopic (exact) mass is 278 g/mol. The highest BCUT2D eigenvalue weighted by Gasteiger charge is 2.12. The smallest absolute Gasteiger partial charge is 0.187 e. The number of hydrogen-bond donors (Lipinski definition) is 2. The van der Waals surface area contributed by atoms with Crippen LogP contribution in [-0.4, -0.2) is 15.0 Å². The Morgan fingerprint density at radius 3 is 2.67 bits per heavy atom. The van der Waals surface area contributed by atoms with Crippen LogP contribution in [0.15, 0.2) is 12.3 Å². The molecule has 2 rings (SSSR count). The Balaban J connectivity index is 2.45. The Kier molecular flexibility index (Phi) is 3.58. The summed E-state index contributed by atoms with van der Waals surface area (Å²) < 4.78 is 0. The molecule has 0 aromatic carbocycles. The first-order valence-electron chi connectivity index (χ1n) is 5.45. The molecule has 0 radical (unpaired) electrons. The molecule has 2 aromatic heterocycles. The van der Waals surface area contributed by atoms with Crippen LogP contribution in [-0.2, 0) is 0 Å². The van der Waals surface area contributed by atoms with Crippen LogP contribution in [0.5, 0.6) is 0 Å². The molecule has 0 bridgehead atoms. The molecule has 6 heteroatoms. The average molecular weight is 278 g/mol. The number of thiocarbonyl (C=S) groups is 1. The number of nitrogens with two attached hydrogens (primary N) is 1. The maximum Gasteiger partial charge on any atom is 0.187 e. The molecule has 0 saturated carbocycles. The highest BCUT2D eigenvalue weighted by atomic mass is 32.1. The summed E-state index contributed by atoms with van der Waals surface area (Å²) in [6.07, 6.45) is 1.83. The summed E-state index contributed by atoms with van der Waals surface area (Å²) >= 11 is 6.67. The third-order valence-corrected chi connectivity index (χ3v) is 3.47. The standard InChI is InChI=1S/C12H14N4S2/c1-6-4-9(10(11(13)17)8(3)15-6)16-12-14-5-7(2)18-12/h4-5H,1-3H3,(H2,13,17)(H,14,15,16). The number of anilines is 2. The van der Waals surface area contributed by atoms with E-state index >= 15 is 0 Å². The van der Waals surface area contributed by atoms with Crippen molar-refractivity contribution in [3.8, 4) is 0 Å². The lowest BCUT2D eigenvalue weighted by molar-refractivity contribution is 1.11. The zero-order valence-corrected chi connectivity index (χ0v) is 12.1. The van der Waals surface area contributed by atoms with Gasteiger partial charge in [0.1, 0.15) is 4.99 Å². The van der Waals surface area contributed by atoms with Crippen molar-refractivity contribution in [2.75, 3.05) is 5.32 Å². The fourth-order valence-electron chi connectivity index (χ4n) is 1.77. The van der Waals surface area contributed by atoms with Crippen molar-refractivity contribution in [2.24, 2.45) is 5.73 Å². The number of pyridine rings is 1. The van der Waals surface area contributed by atoms with Crippen LogP contribution >= 0.6 is 23.6 Å². The van der Waals surface area contributed by atoms with E-state index in [1.165, 1.54) is 0 Å². The molecular formula is C12H14N4S2. The minimum atomic E-state index is 0.343. The van der Waals surface area contributed by atoms with Gasteiger partial charge < -0.3 is 11.1 Å². The van der Waals surface area contributed by atoms with Crippen molar-refractivity contribution < 1.29 is 0 Å².